The first-order valence-electron chi connectivity index (χ1n) is 8.16. The highest BCUT2D eigenvalue weighted by atomic mass is 32.2. The number of sulfonamides is 1. The van der Waals surface area contributed by atoms with Crippen LogP contribution in [0.4, 0.5) is 5.69 Å². The Bertz CT molecular complexity index is 1150. The molecule has 0 bridgehead atoms. The molecule has 3 rings (SSSR count). The number of benzene rings is 3. The van der Waals surface area contributed by atoms with Gasteiger partial charge in [-0.1, -0.05) is 42.5 Å². The van der Waals surface area contributed by atoms with Crippen LogP contribution in [0.1, 0.15) is 5.56 Å². The third-order valence-corrected chi connectivity index (χ3v) is 5.92. The summed E-state index contributed by atoms with van der Waals surface area (Å²) < 4.78 is 26.5. The third-order valence-electron chi connectivity index (χ3n) is 4.12. The van der Waals surface area contributed by atoms with Crippen LogP contribution in [0.25, 0.3) is 10.8 Å². The molecule has 0 aromatic heterocycles. The number of anilines is 1. The molecule has 0 aliphatic rings. The molecule has 0 aliphatic carbocycles. The minimum Gasteiger partial charge on any atom is -0.324 e. The van der Waals surface area contributed by atoms with Crippen molar-refractivity contribution in [1.82, 2.24) is 4.31 Å². The highest BCUT2D eigenvalue weighted by molar-refractivity contribution is 7.89. The molecule has 0 fully saturated rings. The first kappa shape index (κ1) is 18.6. The van der Waals surface area contributed by atoms with Gasteiger partial charge in [-0.3, -0.25) is 4.79 Å². The molecule has 7 heteroatoms. The van der Waals surface area contributed by atoms with E-state index in [2.05, 4.69) is 5.32 Å². The minimum absolute atomic E-state index is 0.119. The Labute approximate surface area is 157 Å². The summed E-state index contributed by atoms with van der Waals surface area (Å²) in [6.07, 6.45) is 0. The van der Waals surface area contributed by atoms with Crippen LogP contribution < -0.4 is 5.32 Å². The summed E-state index contributed by atoms with van der Waals surface area (Å²) in [7, 11) is -2.48. The zero-order valence-corrected chi connectivity index (χ0v) is 15.4. The zero-order chi connectivity index (χ0) is 19.4. The van der Waals surface area contributed by atoms with E-state index in [0.29, 0.717) is 11.3 Å². The average molecular weight is 379 g/mol. The Morgan fingerprint density at radius 2 is 1.70 bits per heavy atom. The van der Waals surface area contributed by atoms with E-state index < -0.39 is 15.9 Å². The number of amides is 1. The lowest BCUT2D eigenvalue weighted by atomic mass is 10.1. The van der Waals surface area contributed by atoms with Crippen LogP contribution in [-0.2, 0) is 14.8 Å². The number of hydrogen-bond donors (Lipinski definition) is 1. The number of nitriles is 1. The smallest absolute Gasteiger partial charge is 0.243 e. The second kappa shape index (κ2) is 7.58. The molecule has 136 valence electrons. The van der Waals surface area contributed by atoms with Crippen molar-refractivity contribution in [3.05, 3.63) is 72.3 Å². The first-order chi connectivity index (χ1) is 12.9. The van der Waals surface area contributed by atoms with Gasteiger partial charge in [-0.2, -0.15) is 9.57 Å². The molecule has 0 saturated carbocycles. The fourth-order valence-corrected chi connectivity index (χ4v) is 3.84. The SMILES string of the molecule is CN(CC(=O)Nc1ccccc1C#N)S(=O)(=O)c1ccc2ccccc2c1. The summed E-state index contributed by atoms with van der Waals surface area (Å²) in [4.78, 5) is 12.4. The van der Waals surface area contributed by atoms with E-state index in [1.54, 1.807) is 36.4 Å². The van der Waals surface area contributed by atoms with Crippen LogP contribution >= 0.6 is 0 Å². The van der Waals surface area contributed by atoms with Crippen molar-refractivity contribution >= 4 is 32.4 Å². The zero-order valence-electron chi connectivity index (χ0n) is 14.6. The van der Waals surface area contributed by atoms with Gasteiger partial charge >= 0.3 is 0 Å². The van der Waals surface area contributed by atoms with Gasteiger partial charge in [0, 0.05) is 7.05 Å². The molecule has 27 heavy (non-hydrogen) atoms. The molecule has 6 nitrogen and oxygen atoms in total. The Kier molecular flexibility index (Phi) is 5.21. The van der Waals surface area contributed by atoms with Gasteiger partial charge in [0.15, 0.2) is 0 Å². The third kappa shape index (κ3) is 3.97. The van der Waals surface area contributed by atoms with Crippen molar-refractivity contribution in [2.24, 2.45) is 0 Å². The summed E-state index contributed by atoms with van der Waals surface area (Å²) in [6.45, 7) is -0.366. The van der Waals surface area contributed by atoms with Gasteiger partial charge in [0.2, 0.25) is 15.9 Å². The topological polar surface area (TPSA) is 90.3 Å². The fraction of sp³-hybridized carbons (Fsp3) is 0.100. The van der Waals surface area contributed by atoms with Crippen molar-refractivity contribution < 1.29 is 13.2 Å². The predicted molar refractivity (Wildman–Crippen MR) is 104 cm³/mol. The Balaban J connectivity index is 1.78. The van der Waals surface area contributed by atoms with Crippen molar-refractivity contribution in [1.29, 1.82) is 5.26 Å². The predicted octanol–water partition coefficient (Wildman–Crippen LogP) is 2.97. The van der Waals surface area contributed by atoms with Gasteiger partial charge < -0.3 is 5.32 Å². The van der Waals surface area contributed by atoms with E-state index in [1.165, 1.54) is 13.1 Å². The number of fused-ring (bicyclic) bond motifs is 1. The van der Waals surface area contributed by atoms with Gasteiger partial charge in [0.25, 0.3) is 0 Å². The second-order valence-corrected chi connectivity index (χ2v) is 8.02. The number of carbonyl (C=O) groups excluding carboxylic acids is 1. The van der Waals surface area contributed by atoms with E-state index in [-0.39, 0.29) is 11.4 Å². The van der Waals surface area contributed by atoms with Gasteiger partial charge in [-0.05, 0) is 35.0 Å². The molecular formula is C20H17N3O3S. The van der Waals surface area contributed by atoms with Crippen molar-refractivity contribution in [3.63, 3.8) is 0 Å². The van der Waals surface area contributed by atoms with E-state index in [9.17, 15) is 13.2 Å². The highest BCUT2D eigenvalue weighted by Gasteiger charge is 2.23. The number of hydrogen-bond acceptors (Lipinski definition) is 4. The highest BCUT2D eigenvalue weighted by Crippen LogP contribution is 2.21. The molecule has 0 spiro atoms. The van der Waals surface area contributed by atoms with Crippen molar-refractivity contribution in [2.45, 2.75) is 4.90 Å². The average Bonchev–Trinajstić information content (AvgIpc) is 2.67. The molecule has 3 aromatic rings. The number of likely N-dealkylation sites (N-methyl/N-ethyl adjacent to an activating group) is 1. The summed E-state index contributed by atoms with van der Waals surface area (Å²) in [5.74, 6) is -0.524. The first-order valence-corrected chi connectivity index (χ1v) is 9.60. The van der Waals surface area contributed by atoms with Crippen LogP contribution in [-0.4, -0.2) is 32.2 Å². The maximum absolute atomic E-state index is 12.8. The minimum atomic E-state index is -3.83. The van der Waals surface area contributed by atoms with Crippen LogP contribution in [0.3, 0.4) is 0 Å². The summed E-state index contributed by atoms with van der Waals surface area (Å²) in [5.41, 5.74) is 0.660. The number of para-hydroxylation sites is 1. The van der Waals surface area contributed by atoms with E-state index in [1.807, 2.05) is 30.3 Å². The normalized spacial score (nSPS) is 11.3. The second-order valence-electron chi connectivity index (χ2n) is 5.98. The molecule has 0 saturated heterocycles. The Morgan fingerprint density at radius 1 is 1.04 bits per heavy atom. The quantitative estimate of drug-likeness (QED) is 0.738. The number of carbonyl (C=O) groups is 1. The monoisotopic (exact) mass is 379 g/mol. The Morgan fingerprint density at radius 3 is 2.44 bits per heavy atom. The molecule has 0 heterocycles. The van der Waals surface area contributed by atoms with Crippen molar-refractivity contribution in [2.75, 3.05) is 18.9 Å². The summed E-state index contributed by atoms with van der Waals surface area (Å²) >= 11 is 0. The molecular weight excluding hydrogens is 362 g/mol. The number of rotatable bonds is 5. The van der Waals surface area contributed by atoms with Gasteiger partial charge in [-0.15, -0.1) is 0 Å². The van der Waals surface area contributed by atoms with Gasteiger partial charge in [0.1, 0.15) is 6.07 Å². The molecule has 0 aliphatic heterocycles. The lowest BCUT2D eigenvalue weighted by Gasteiger charge is -2.17. The lowest BCUT2D eigenvalue weighted by Crippen LogP contribution is -2.35. The van der Waals surface area contributed by atoms with Gasteiger partial charge in [0.05, 0.1) is 22.7 Å². The van der Waals surface area contributed by atoms with Crippen LogP contribution in [0, 0.1) is 11.3 Å². The van der Waals surface area contributed by atoms with Crippen molar-refractivity contribution in [3.8, 4) is 6.07 Å². The fourth-order valence-electron chi connectivity index (χ4n) is 2.67. The maximum Gasteiger partial charge on any atom is 0.243 e. The Hall–Kier alpha value is -3.21. The van der Waals surface area contributed by atoms with E-state index >= 15 is 0 Å². The number of nitrogens with zero attached hydrogens (tertiary/aromatic N) is 2. The van der Waals surface area contributed by atoms with Gasteiger partial charge in [-0.25, -0.2) is 8.42 Å². The standard InChI is InChI=1S/C20H17N3O3S/c1-23(14-20(24)22-19-9-5-4-8-17(19)13-21)27(25,26)18-11-10-15-6-2-3-7-16(15)12-18/h2-12H,14H2,1H3,(H,22,24). The molecule has 0 unspecified atom stereocenters. The molecule has 1 amide bonds. The van der Waals surface area contributed by atoms with Crippen LogP contribution in [0.2, 0.25) is 0 Å². The van der Waals surface area contributed by atoms with Crippen LogP contribution in [0.5, 0.6) is 0 Å². The maximum atomic E-state index is 12.8. The summed E-state index contributed by atoms with van der Waals surface area (Å²) in [6, 6.07) is 20.8. The lowest BCUT2D eigenvalue weighted by molar-refractivity contribution is -0.116. The van der Waals surface area contributed by atoms with E-state index in [4.69, 9.17) is 5.26 Å². The molecule has 0 atom stereocenters. The molecule has 0 radical (unpaired) electrons. The molecule has 1 N–H and O–H groups in total. The summed E-state index contributed by atoms with van der Waals surface area (Å²) in [5, 5.41) is 13.4. The van der Waals surface area contributed by atoms with Crippen LogP contribution in [0.15, 0.2) is 71.6 Å². The van der Waals surface area contributed by atoms with E-state index in [0.717, 1.165) is 15.1 Å². The molecule has 3 aromatic carbocycles. The largest absolute Gasteiger partial charge is 0.324 e. The number of nitrogens with one attached hydrogen (secondary N) is 1.